The number of pyridine rings is 2. The minimum Gasteiger partial charge on any atom is -0.311 e. The highest BCUT2D eigenvalue weighted by Crippen LogP contribution is 2.35. The van der Waals surface area contributed by atoms with Crippen molar-refractivity contribution in [2.45, 2.75) is 84.2 Å². The fraction of sp³-hybridized carbons (Fsp3) is 0.486. The van der Waals surface area contributed by atoms with Gasteiger partial charge in [-0.2, -0.15) is 0 Å². The van der Waals surface area contributed by atoms with Gasteiger partial charge in [0, 0.05) is 42.8 Å². The Morgan fingerprint density at radius 1 is 0.951 bits per heavy atom. The van der Waals surface area contributed by atoms with Crippen molar-refractivity contribution >= 4 is 17.4 Å². The van der Waals surface area contributed by atoms with Crippen LogP contribution >= 0.6 is 0 Å². The Labute approximate surface area is 245 Å². The van der Waals surface area contributed by atoms with Gasteiger partial charge in [0.2, 0.25) is 0 Å². The van der Waals surface area contributed by atoms with Crippen LogP contribution in [0.3, 0.4) is 0 Å². The van der Waals surface area contributed by atoms with Crippen LogP contribution in [-0.4, -0.2) is 50.8 Å². The van der Waals surface area contributed by atoms with Crippen molar-refractivity contribution in [2.75, 3.05) is 20.1 Å². The Morgan fingerprint density at radius 2 is 1.78 bits per heavy atom. The van der Waals surface area contributed by atoms with Crippen LogP contribution in [0.4, 0.5) is 0 Å². The first-order chi connectivity index (χ1) is 20.0. The smallest absolute Gasteiger partial charge is 0.160 e. The molecule has 1 unspecified atom stereocenters. The Hall–Kier alpha value is -3.38. The first kappa shape index (κ1) is 27.8. The molecule has 2 aliphatic rings. The lowest BCUT2D eigenvalue weighted by Crippen LogP contribution is -2.36. The highest BCUT2D eigenvalue weighted by molar-refractivity contribution is 5.81. The third kappa shape index (κ3) is 6.13. The molecule has 1 atom stereocenters. The van der Waals surface area contributed by atoms with Gasteiger partial charge >= 0.3 is 0 Å². The number of aliphatic imine (C=N–C) groups is 1. The van der Waals surface area contributed by atoms with Crippen molar-refractivity contribution in [1.82, 2.24) is 24.4 Å². The second-order valence-corrected chi connectivity index (χ2v) is 12.3. The average Bonchev–Trinajstić information content (AvgIpc) is 3.32. The molecule has 0 spiro atoms. The molecule has 1 saturated heterocycles. The van der Waals surface area contributed by atoms with Crippen LogP contribution in [0.2, 0.25) is 0 Å². The quantitative estimate of drug-likeness (QED) is 0.211. The summed E-state index contributed by atoms with van der Waals surface area (Å²) >= 11 is 0. The maximum Gasteiger partial charge on any atom is 0.160 e. The van der Waals surface area contributed by atoms with E-state index in [-0.39, 0.29) is 6.04 Å². The number of imidazole rings is 1. The van der Waals surface area contributed by atoms with E-state index in [0.717, 1.165) is 68.1 Å². The highest BCUT2D eigenvalue weighted by Gasteiger charge is 2.30. The maximum absolute atomic E-state index is 5.14. The molecule has 4 heterocycles. The Bertz CT molecular complexity index is 1520. The molecule has 41 heavy (non-hydrogen) atoms. The molecule has 214 valence electrons. The monoisotopic (exact) mass is 548 g/mol. The van der Waals surface area contributed by atoms with Gasteiger partial charge in [-0.3, -0.25) is 14.9 Å². The molecule has 1 aliphatic heterocycles. The number of aromatic nitrogens is 4. The second kappa shape index (κ2) is 12.2. The van der Waals surface area contributed by atoms with Crippen molar-refractivity contribution in [3.8, 4) is 0 Å². The van der Waals surface area contributed by atoms with E-state index in [1.165, 1.54) is 53.2 Å². The highest BCUT2D eigenvalue weighted by atomic mass is 15.2. The zero-order chi connectivity index (χ0) is 28.3. The van der Waals surface area contributed by atoms with Crippen LogP contribution in [0.5, 0.6) is 0 Å². The average molecular weight is 549 g/mol. The molecule has 0 radical (unpaired) electrons. The van der Waals surface area contributed by atoms with Gasteiger partial charge in [-0.15, -0.1) is 0 Å². The van der Waals surface area contributed by atoms with E-state index in [1.807, 2.05) is 13.3 Å². The largest absolute Gasteiger partial charge is 0.311 e. The number of aryl methyl sites for hydroxylation is 4. The molecule has 0 N–H and O–H groups in total. The number of benzene rings is 1. The predicted octanol–water partition coefficient (Wildman–Crippen LogP) is 7.02. The third-order valence-corrected chi connectivity index (χ3v) is 9.40. The summed E-state index contributed by atoms with van der Waals surface area (Å²) in [6.07, 6.45) is 10.2. The van der Waals surface area contributed by atoms with Crippen molar-refractivity contribution in [3.05, 3.63) is 88.1 Å². The van der Waals surface area contributed by atoms with E-state index in [4.69, 9.17) is 15.0 Å². The number of hydrogen-bond donors (Lipinski definition) is 0. The van der Waals surface area contributed by atoms with E-state index < -0.39 is 0 Å². The molecule has 1 aliphatic carbocycles. The summed E-state index contributed by atoms with van der Waals surface area (Å²) < 4.78 is 2.44. The van der Waals surface area contributed by atoms with Crippen molar-refractivity contribution < 1.29 is 0 Å². The Balaban J connectivity index is 1.10. The Morgan fingerprint density at radius 3 is 2.51 bits per heavy atom. The van der Waals surface area contributed by atoms with Crippen LogP contribution in [0, 0.1) is 19.8 Å². The topological polar surface area (TPSA) is 59.2 Å². The molecule has 4 aromatic rings. The molecular formula is C35H44N6. The van der Waals surface area contributed by atoms with E-state index in [0.29, 0.717) is 5.92 Å². The number of rotatable bonds is 9. The first-order valence-electron chi connectivity index (χ1n) is 15.5. The zero-order valence-electron chi connectivity index (χ0n) is 25.2. The number of hydrogen-bond acceptors (Lipinski definition) is 5. The van der Waals surface area contributed by atoms with E-state index in [9.17, 15) is 0 Å². The Kier molecular flexibility index (Phi) is 8.29. The van der Waals surface area contributed by atoms with Gasteiger partial charge in [0.1, 0.15) is 11.3 Å². The molecule has 3 aromatic heterocycles. The van der Waals surface area contributed by atoms with E-state index in [2.05, 4.69) is 83.8 Å². The lowest BCUT2D eigenvalue weighted by Gasteiger charge is -2.36. The van der Waals surface area contributed by atoms with Crippen molar-refractivity contribution in [2.24, 2.45) is 10.9 Å². The minimum atomic E-state index is 0.281. The van der Waals surface area contributed by atoms with Gasteiger partial charge < -0.3 is 4.57 Å². The van der Waals surface area contributed by atoms with Gasteiger partial charge in [-0.1, -0.05) is 30.7 Å². The predicted molar refractivity (Wildman–Crippen MR) is 168 cm³/mol. The van der Waals surface area contributed by atoms with Crippen LogP contribution in [0.1, 0.15) is 90.6 Å². The standard InChI is InChI=1S/C35H44N6/c1-24-21-27(12-14-30(24)22-36-4)13-15-31-9-6-10-32(38-31)29-17-19-40(20-18-29)26(3)34-39-33-16-11-25(2)37-35(33)41(34)23-28-7-5-8-28/h6,9-12,14,16,21-22,26,28-29H,5,7-8,13,15,17-20,23H2,1-4H3/b36-22-. The molecule has 1 aromatic carbocycles. The summed E-state index contributed by atoms with van der Waals surface area (Å²) in [7, 11) is 1.82. The van der Waals surface area contributed by atoms with E-state index in [1.54, 1.807) is 0 Å². The van der Waals surface area contributed by atoms with Crippen LogP contribution in [0.25, 0.3) is 11.2 Å². The van der Waals surface area contributed by atoms with Crippen molar-refractivity contribution in [3.63, 3.8) is 0 Å². The SMILES string of the molecule is C/N=C\c1ccc(CCc2cccc(C3CCN(C(C)c4nc5ccc(C)nc5n4CC4CCC4)CC3)n2)cc1C. The fourth-order valence-electron chi connectivity index (χ4n) is 6.61. The van der Waals surface area contributed by atoms with Crippen LogP contribution in [0.15, 0.2) is 53.5 Å². The lowest BCUT2D eigenvalue weighted by atomic mass is 9.85. The van der Waals surface area contributed by atoms with Gasteiger partial charge in [0.25, 0.3) is 0 Å². The first-order valence-corrected chi connectivity index (χ1v) is 15.5. The molecule has 2 fully saturated rings. The van der Waals surface area contributed by atoms with Gasteiger partial charge in [0.05, 0.1) is 6.04 Å². The molecule has 6 nitrogen and oxygen atoms in total. The van der Waals surface area contributed by atoms with Gasteiger partial charge in [-0.25, -0.2) is 9.97 Å². The van der Waals surface area contributed by atoms with Crippen LogP contribution in [-0.2, 0) is 19.4 Å². The number of nitrogens with zero attached hydrogens (tertiary/aromatic N) is 6. The lowest BCUT2D eigenvalue weighted by molar-refractivity contribution is 0.151. The summed E-state index contributed by atoms with van der Waals surface area (Å²) in [6.45, 7) is 9.78. The zero-order valence-corrected chi connectivity index (χ0v) is 25.2. The van der Waals surface area contributed by atoms with Gasteiger partial charge in [0.15, 0.2) is 5.65 Å². The second-order valence-electron chi connectivity index (χ2n) is 12.3. The molecular weight excluding hydrogens is 504 g/mol. The van der Waals surface area contributed by atoms with Gasteiger partial charge in [-0.05, 0) is 119 Å². The third-order valence-electron chi connectivity index (χ3n) is 9.40. The maximum atomic E-state index is 5.14. The fourth-order valence-corrected chi connectivity index (χ4v) is 6.61. The normalized spacial score (nSPS) is 17.9. The molecule has 0 bridgehead atoms. The molecule has 0 amide bonds. The summed E-state index contributed by atoms with van der Waals surface area (Å²) in [5.41, 5.74) is 9.46. The molecule has 6 heteroatoms. The number of likely N-dealkylation sites (tertiary alicyclic amines) is 1. The summed E-state index contributed by atoms with van der Waals surface area (Å²) in [4.78, 5) is 22.0. The van der Waals surface area contributed by atoms with Crippen LogP contribution < -0.4 is 0 Å². The summed E-state index contributed by atoms with van der Waals surface area (Å²) in [5.74, 6) is 2.48. The van der Waals surface area contributed by atoms with Crippen molar-refractivity contribution in [1.29, 1.82) is 0 Å². The molecule has 6 rings (SSSR count). The number of piperidine rings is 1. The summed E-state index contributed by atoms with van der Waals surface area (Å²) in [5, 5.41) is 0. The number of fused-ring (bicyclic) bond motifs is 1. The molecule has 1 saturated carbocycles. The van der Waals surface area contributed by atoms with E-state index >= 15 is 0 Å². The minimum absolute atomic E-state index is 0.281. The summed E-state index contributed by atoms with van der Waals surface area (Å²) in [6, 6.07) is 17.8.